The lowest BCUT2D eigenvalue weighted by atomic mass is 9.91. The van der Waals surface area contributed by atoms with Crippen molar-refractivity contribution in [2.75, 3.05) is 39.3 Å². The molecule has 1 aliphatic carbocycles. The summed E-state index contributed by atoms with van der Waals surface area (Å²) in [4.78, 5) is 27.8. The third-order valence-corrected chi connectivity index (χ3v) is 6.36. The average Bonchev–Trinajstić information content (AvgIpc) is 3.11. The van der Waals surface area contributed by atoms with Gasteiger partial charge in [-0.2, -0.15) is 5.10 Å². The Morgan fingerprint density at radius 1 is 1.07 bits per heavy atom. The van der Waals surface area contributed by atoms with Gasteiger partial charge in [0.05, 0.1) is 24.6 Å². The van der Waals surface area contributed by atoms with Crippen LogP contribution in [0.25, 0.3) is 5.69 Å². The summed E-state index contributed by atoms with van der Waals surface area (Å²) in [5, 5.41) is 4.67. The Labute approximate surface area is 165 Å². The first-order chi connectivity index (χ1) is 13.8. The van der Waals surface area contributed by atoms with E-state index in [1.165, 1.54) is 31.2 Å². The molecule has 0 aromatic carbocycles. The molecule has 2 aromatic rings. The monoisotopic (exact) mass is 381 g/mol. The fraction of sp³-hybridized carbons (Fsp3) is 0.600. The van der Waals surface area contributed by atoms with E-state index >= 15 is 0 Å². The second-order valence-electron chi connectivity index (χ2n) is 8.10. The van der Waals surface area contributed by atoms with Crippen LogP contribution in [0, 0.1) is 0 Å². The van der Waals surface area contributed by atoms with Crippen molar-refractivity contribution in [3.05, 3.63) is 36.2 Å². The fourth-order valence-corrected chi connectivity index (χ4v) is 4.43. The summed E-state index contributed by atoms with van der Waals surface area (Å²) < 4.78 is 1.84. The molecule has 0 N–H and O–H groups in total. The molecule has 8 nitrogen and oxygen atoms in total. The molecule has 2 aliphatic heterocycles. The van der Waals surface area contributed by atoms with Crippen molar-refractivity contribution in [1.82, 2.24) is 34.4 Å². The molecule has 0 unspecified atom stereocenters. The third kappa shape index (κ3) is 3.54. The van der Waals surface area contributed by atoms with E-state index in [1.54, 1.807) is 12.4 Å². The predicted octanol–water partition coefficient (Wildman–Crippen LogP) is 0.717. The molecule has 4 heterocycles. The lowest BCUT2D eigenvalue weighted by molar-refractivity contribution is -0.135. The topological polar surface area (TPSA) is 70.4 Å². The number of carbonyl (C=O) groups excluding carboxylic acids is 1. The first-order valence-electron chi connectivity index (χ1n) is 10.3. The maximum absolute atomic E-state index is 12.8. The summed E-state index contributed by atoms with van der Waals surface area (Å²) in [5.74, 6) is 0.264. The molecule has 0 atom stereocenters. The van der Waals surface area contributed by atoms with E-state index in [0.717, 1.165) is 63.1 Å². The number of rotatable bonds is 4. The minimum Gasteiger partial charge on any atom is -0.339 e. The summed E-state index contributed by atoms with van der Waals surface area (Å²) in [5.41, 5.74) is 3.17. The Morgan fingerprint density at radius 3 is 2.57 bits per heavy atom. The maximum Gasteiger partial charge on any atom is 0.236 e. The zero-order chi connectivity index (χ0) is 18.9. The molecule has 0 radical (unpaired) electrons. The fourth-order valence-electron chi connectivity index (χ4n) is 4.43. The van der Waals surface area contributed by atoms with Crippen LogP contribution in [0.3, 0.4) is 0 Å². The van der Waals surface area contributed by atoms with Gasteiger partial charge in [0.1, 0.15) is 12.0 Å². The predicted molar refractivity (Wildman–Crippen MR) is 104 cm³/mol. The number of fused-ring (bicyclic) bond motifs is 1. The molecule has 3 aliphatic rings. The Hall–Kier alpha value is -2.32. The van der Waals surface area contributed by atoms with Crippen LogP contribution in [0.1, 0.15) is 30.5 Å². The molecule has 1 amide bonds. The molecule has 1 saturated carbocycles. The van der Waals surface area contributed by atoms with Gasteiger partial charge in [-0.05, 0) is 12.8 Å². The molecule has 2 aromatic heterocycles. The van der Waals surface area contributed by atoms with Gasteiger partial charge in [0.2, 0.25) is 5.91 Å². The van der Waals surface area contributed by atoms with Crippen molar-refractivity contribution in [2.24, 2.45) is 0 Å². The summed E-state index contributed by atoms with van der Waals surface area (Å²) in [6, 6.07) is 0.782. The van der Waals surface area contributed by atoms with Gasteiger partial charge >= 0.3 is 0 Å². The molecular formula is C20H27N7O. The highest BCUT2D eigenvalue weighted by molar-refractivity contribution is 5.78. The first-order valence-corrected chi connectivity index (χ1v) is 10.3. The first kappa shape index (κ1) is 17.8. The Kier molecular flexibility index (Phi) is 4.82. The van der Waals surface area contributed by atoms with E-state index in [4.69, 9.17) is 0 Å². The van der Waals surface area contributed by atoms with Gasteiger partial charge in [0.15, 0.2) is 0 Å². The highest BCUT2D eigenvalue weighted by Gasteiger charge is 2.30. The molecule has 1 saturated heterocycles. The number of nitrogens with zero attached hydrogens (tertiary/aromatic N) is 7. The van der Waals surface area contributed by atoms with Crippen LogP contribution in [0.4, 0.5) is 0 Å². The molecule has 2 fully saturated rings. The van der Waals surface area contributed by atoms with Crippen LogP contribution < -0.4 is 0 Å². The Bertz CT molecular complexity index is 824. The molecule has 8 heteroatoms. The van der Waals surface area contributed by atoms with Crippen molar-refractivity contribution in [2.45, 2.75) is 38.3 Å². The zero-order valence-corrected chi connectivity index (χ0v) is 16.2. The standard InChI is InChI=1S/C20H27N7O/c28-20(26-8-6-25(7-9-26)17-2-1-3-17)14-24-5-4-19-16(12-24)13-27(23-19)18-10-21-15-22-11-18/h10-11,13,15,17H,1-9,12,14H2. The summed E-state index contributed by atoms with van der Waals surface area (Å²) in [6.45, 7) is 5.97. The van der Waals surface area contributed by atoms with Gasteiger partial charge in [-0.15, -0.1) is 0 Å². The highest BCUT2D eigenvalue weighted by atomic mass is 16.2. The molecule has 0 spiro atoms. The van der Waals surface area contributed by atoms with Gasteiger partial charge in [-0.1, -0.05) is 6.42 Å². The SMILES string of the molecule is O=C(CN1CCc2nn(-c3cncnc3)cc2C1)N1CCN(C2CCC2)CC1. The lowest BCUT2D eigenvalue weighted by Crippen LogP contribution is -2.55. The third-order valence-electron chi connectivity index (χ3n) is 6.36. The number of amides is 1. The van der Waals surface area contributed by atoms with Gasteiger partial charge in [-0.3, -0.25) is 14.6 Å². The van der Waals surface area contributed by atoms with Gasteiger partial charge in [0.25, 0.3) is 0 Å². The molecule has 28 heavy (non-hydrogen) atoms. The van der Waals surface area contributed by atoms with Crippen LogP contribution in [0.2, 0.25) is 0 Å². The number of hydrogen-bond donors (Lipinski definition) is 0. The van der Waals surface area contributed by atoms with Crippen molar-refractivity contribution in [3.63, 3.8) is 0 Å². The Balaban J connectivity index is 1.16. The summed E-state index contributed by atoms with van der Waals surface area (Å²) in [7, 11) is 0. The van der Waals surface area contributed by atoms with Crippen LogP contribution >= 0.6 is 0 Å². The minimum absolute atomic E-state index is 0.264. The van der Waals surface area contributed by atoms with E-state index in [1.807, 2.05) is 10.9 Å². The highest BCUT2D eigenvalue weighted by Crippen LogP contribution is 2.25. The van der Waals surface area contributed by atoms with Crippen LogP contribution in [-0.2, 0) is 17.8 Å². The van der Waals surface area contributed by atoms with E-state index in [2.05, 4.69) is 29.8 Å². The van der Waals surface area contributed by atoms with Crippen LogP contribution in [-0.4, -0.2) is 85.7 Å². The van der Waals surface area contributed by atoms with Crippen LogP contribution in [0.15, 0.2) is 24.9 Å². The van der Waals surface area contributed by atoms with Crippen molar-refractivity contribution < 1.29 is 4.79 Å². The summed E-state index contributed by atoms with van der Waals surface area (Å²) in [6.07, 6.45) is 12.0. The lowest BCUT2D eigenvalue weighted by Gasteiger charge is -2.43. The number of aromatic nitrogens is 4. The van der Waals surface area contributed by atoms with Crippen molar-refractivity contribution in [1.29, 1.82) is 0 Å². The molecule has 0 bridgehead atoms. The van der Waals surface area contributed by atoms with Gasteiger partial charge in [0, 0.05) is 63.5 Å². The average molecular weight is 381 g/mol. The van der Waals surface area contributed by atoms with E-state index in [9.17, 15) is 4.79 Å². The minimum atomic E-state index is 0.264. The molecule has 148 valence electrons. The van der Waals surface area contributed by atoms with Gasteiger partial charge in [-0.25, -0.2) is 14.6 Å². The van der Waals surface area contributed by atoms with Crippen LogP contribution in [0.5, 0.6) is 0 Å². The van der Waals surface area contributed by atoms with Gasteiger partial charge < -0.3 is 4.90 Å². The van der Waals surface area contributed by atoms with E-state index in [-0.39, 0.29) is 5.91 Å². The van der Waals surface area contributed by atoms with Crippen molar-refractivity contribution in [3.8, 4) is 5.69 Å². The zero-order valence-electron chi connectivity index (χ0n) is 16.2. The summed E-state index contributed by atoms with van der Waals surface area (Å²) >= 11 is 0. The number of carbonyl (C=O) groups is 1. The number of hydrogen-bond acceptors (Lipinski definition) is 6. The Morgan fingerprint density at radius 2 is 1.86 bits per heavy atom. The normalized spacial score (nSPS) is 21.4. The van der Waals surface area contributed by atoms with E-state index < -0.39 is 0 Å². The largest absolute Gasteiger partial charge is 0.339 e. The van der Waals surface area contributed by atoms with Crippen molar-refractivity contribution >= 4 is 5.91 Å². The number of piperazine rings is 1. The quantitative estimate of drug-likeness (QED) is 0.777. The maximum atomic E-state index is 12.8. The van der Waals surface area contributed by atoms with E-state index in [0.29, 0.717) is 6.54 Å². The smallest absolute Gasteiger partial charge is 0.236 e. The second-order valence-corrected chi connectivity index (χ2v) is 8.10. The molecule has 5 rings (SSSR count). The second kappa shape index (κ2) is 7.60. The molecular weight excluding hydrogens is 354 g/mol.